The average molecular weight is 290 g/mol. The minimum absolute atomic E-state index is 0.586. The van der Waals surface area contributed by atoms with Crippen molar-refractivity contribution >= 4 is 0 Å². The van der Waals surface area contributed by atoms with Gasteiger partial charge in [0.1, 0.15) is 0 Å². The summed E-state index contributed by atoms with van der Waals surface area (Å²) in [6.45, 7) is 10.5. The molecule has 1 N–H and O–H groups in total. The minimum atomic E-state index is 0.586. The van der Waals surface area contributed by atoms with Gasteiger partial charge in [-0.2, -0.15) is 0 Å². The first-order chi connectivity index (χ1) is 10.3. The van der Waals surface area contributed by atoms with Gasteiger partial charge >= 0.3 is 0 Å². The average Bonchev–Trinajstić information content (AvgIpc) is 2.73. The summed E-state index contributed by atoms with van der Waals surface area (Å²) < 4.78 is 5.36. The molecule has 1 heterocycles. The summed E-state index contributed by atoms with van der Waals surface area (Å²) in [6, 6.07) is 9.49. The largest absolute Gasteiger partial charge is 0.382 e. The molecule has 0 bridgehead atoms. The molecule has 0 amide bonds. The van der Waals surface area contributed by atoms with Crippen molar-refractivity contribution in [1.29, 1.82) is 0 Å². The molecule has 0 saturated carbocycles. The fraction of sp³-hybridized carbons (Fsp3) is 0.667. The van der Waals surface area contributed by atoms with E-state index in [0.717, 1.165) is 39.3 Å². The van der Waals surface area contributed by atoms with Crippen LogP contribution in [-0.4, -0.2) is 43.8 Å². The van der Waals surface area contributed by atoms with Crippen LogP contribution in [0.1, 0.15) is 37.8 Å². The standard InChI is InChI=1S/C18H30N2O/c1-3-21-13-7-11-19-14-16(2)20-12-6-10-17-8-4-5-9-18(17)15-20/h4-5,8-9,16,19H,3,6-7,10-15H2,1-2H3. The quantitative estimate of drug-likeness (QED) is 0.745. The van der Waals surface area contributed by atoms with Crippen molar-refractivity contribution in [2.24, 2.45) is 0 Å². The van der Waals surface area contributed by atoms with E-state index in [9.17, 15) is 0 Å². The van der Waals surface area contributed by atoms with Gasteiger partial charge in [-0.3, -0.25) is 4.90 Å². The van der Waals surface area contributed by atoms with Crippen LogP contribution < -0.4 is 5.32 Å². The van der Waals surface area contributed by atoms with Gasteiger partial charge in [0.2, 0.25) is 0 Å². The van der Waals surface area contributed by atoms with Gasteiger partial charge in [0.25, 0.3) is 0 Å². The lowest BCUT2D eigenvalue weighted by molar-refractivity contribution is 0.143. The molecule has 1 atom stereocenters. The van der Waals surface area contributed by atoms with Gasteiger partial charge in [0.15, 0.2) is 0 Å². The Hall–Kier alpha value is -0.900. The molecule has 0 aliphatic carbocycles. The maximum atomic E-state index is 5.36. The molecule has 3 nitrogen and oxygen atoms in total. The first kappa shape index (κ1) is 16.5. The molecule has 1 aromatic rings. The molecule has 3 heteroatoms. The van der Waals surface area contributed by atoms with Crippen molar-refractivity contribution < 1.29 is 4.74 Å². The number of hydrogen-bond donors (Lipinski definition) is 1. The van der Waals surface area contributed by atoms with E-state index in [4.69, 9.17) is 4.74 Å². The van der Waals surface area contributed by atoms with Gasteiger partial charge in [-0.15, -0.1) is 0 Å². The lowest BCUT2D eigenvalue weighted by Crippen LogP contribution is -2.40. The van der Waals surface area contributed by atoms with E-state index in [1.165, 1.54) is 30.5 Å². The van der Waals surface area contributed by atoms with Crippen molar-refractivity contribution in [2.75, 3.05) is 32.8 Å². The Labute approximate surface area is 129 Å². The molecule has 118 valence electrons. The maximum Gasteiger partial charge on any atom is 0.0477 e. The Kier molecular flexibility index (Phi) is 7.20. The van der Waals surface area contributed by atoms with Gasteiger partial charge in [-0.05, 0) is 57.3 Å². The molecule has 1 unspecified atom stereocenters. The fourth-order valence-electron chi connectivity index (χ4n) is 2.99. The Morgan fingerprint density at radius 3 is 2.90 bits per heavy atom. The highest BCUT2D eigenvalue weighted by Gasteiger charge is 2.18. The number of ether oxygens (including phenoxy) is 1. The highest BCUT2D eigenvalue weighted by Crippen LogP contribution is 2.19. The Bertz CT molecular complexity index is 408. The molecule has 2 rings (SSSR count). The second kappa shape index (κ2) is 9.19. The molecule has 1 aliphatic rings. The third kappa shape index (κ3) is 5.42. The minimum Gasteiger partial charge on any atom is -0.382 e. The number of fused-ring (bicyclic) bond motifs is 1. The third-order valence-electron chi connectivity index (χ3n) is 4.29. The third-order valence-corrected chi connectivity index (χ3v) is 4.29. The number of hydrogen-bond acceptors (Lipinski definition) is 3. The van der Waals surface area contributed by atoms with Gasteiger partial charge < -0.3 is 10.1 Å². The number of nitrogens with one attached hydrogen (secondary N) is 1. The van der Waals surface area contributed by atoms with Gasteiger partial charge in [-0.25, -0.2) is 0 Å². The monoisotopic (exact) mass is 290 g/mol. The van der Waals surface area contributed by atoms with E-state index >= 15 is 0 Å². The molecule has 1 aromatic carbocycles. The summed E-state index contributed by atoms with van der Waals surface area (Å²) in [7, 11) is 0. The van der Waals surface area contributed by atoms with Crippen LogP contribution in [0.3, 0.4) is 0 Å². The first-order valence-electron chi connectivity index (χ1n) is 8.40. The zero-order chi connectivity index (χ0) is 14.9. The lowest BCUT2D eigenvalue weighted by atomic mass is 10.0. The highest BCUT2D eigenvalue weighted by atomic mass is 16.5. The van der Waals surface area contributed by atoms with Crippen LogP contribution in [0.2, 0.25) is 0 Å². The Balaban J connectivity index is 1.74. The van der Waals surface area contributed by atoms with Crippen LogP contribution in [0.15, 0.2) is 24.3 Å². The van der Waals surface area contributed by atoms with Gasteiger partial charge in [0.05, 0.1) is 0 Å². The van der Waals surface area contributed by atoms with Crippen LogP contribution in [-0.2, 0) is 17.7 Å². The summed E-state index contributed by atoms with van der Waals surface area (Å²) in [5.74, 6) is 0. The number of benzene rings is 1. The lowest BCUT2D eigenvalue weighted by Gasteiger charge is -2.28. The number of nitrogens with zero attached hydrogens (tertiary/aromatic N) is 1. The van der Waals surface area contributed by atoms with E-state index in [1.54, 1.807) is 0 Å². The Morgan fingerprint density at radius 1 is 1.29 bits per heavy atom. The second-order valence-electron chi connectivity index (χ2n) is 5.95. The van der Waals surface area contributed by atoms with E-state index in [-0.39, 0.29) is 0 Å². The van der Waals surface area contributed by atoms with Crippen LogP contribution in [0.4, 0.5) is 0 Å². The molecule has 0 spiro atoms. The highest BCUT2D eigenvalue weighted by molar-refractivity contribution is 5.28. The SMILES string of the molecule is CCOCCCNCC(C)N1CCCc2ccccc2C1. The predicted octanol–water partition coefficient (Wildman–Crippen LogP) is 2.84. The molecule has 1 aliphatic heterocycles. The topological polar surface area (TPSA) is 24.5 Å². The molecule has 0 fully saturated rings. The zero-order valence-electron chi connectivity index (χ0n) is 13.6. The molecular formula is C18H30N2O. The van der Waals surface area contributed by atoms with Crippen molar-refractivity contribution in [1.82, 2.24) is 10.2 Å². The van der Waals surface area contributed by atoms with Crippen molar-refractivity contribution in [3.05, 3.63) is 35.4 Å². The van der Waals surface area contributed by atoms with E-state index < -0.39 is 0 Å². The second-order valence-corrected chi connectivity index (χ2v) is 5.95. The normalized spacial score (nSPS) is 17.2. The van der Waals surface area contributed by atoms with Crippen molar-refractivity contribution in [3.63, 3.8) is 0 Å². The summed E-state index contributed by atoms with van der Waals surface area (Å²) in [5.41, 5.74) is 3.05. The first-order valence-corrected chi connectivity index (χ1v) is 8.40. The Morgan fingerprint density at radius 2 is 2.10 bits per heavy atom. The van der Waals surface area contributed by atoms with Gasteiger partial charge in [-0.1, -0.05) is 24.3 Å². The molecule has 21 heavy (non-hydrogen) atoms. The number of aryl methyl sites for hydroxylation is 1. The van der Waals surface area contributed by atoms with Crippen LogP contribution in [0, 0.1) is 0 Å². The van der Waals surface area contributed by atoms with Crippen LogP contribution in [0.25, 0.3) is 0 Å². The molecule has 0 aromatic heterocycles. The predicted molar refractivity (Wildman–Crippen MR) is 88.6 cm³/mol. The van der Waals surface area contributed by atoms with Gasteiger partial charge in [0, 0.05) is 32.3 Å². The maximum absolute atomic E-state index is 5.36. The van der Waals surface area contributed by atoms with Crippen LogP contribution >= 0.6 is 0 Å². The summed E-state index contributed by atoms with van der Waals surface area (Å²) in [5, 5.41) is 3.56. The molecule has 0 saturated heterocycles. The summed E-state index contributed by atoms with van der Waals surface area (Å²) in [6.07, 6.45) is 3.59. The van der Waals surface area contributed by atoms with Crippen molar-refractivity contribution in [3.8, 4) is 0 Å². The smallest absolute Gasteiger partial charge is 0.0477 e. The van der Waals surface area contributed by atoms with E-state index in [0.29, 0.717) is 6.04 Å². The summed E-state index contributed by atoms with van der Waals surface area (Å²) >= 11 is 0. The zero-order valence-corrected chi connectivity index (χ0v) is 13.6. The molecule has 0 radical (unpaired) electrons. The summed E-state index contributed by atoms with van der Waals surface area (Å²) in [4.78, 5) is 2.61. The van der Waals surface area contributed by atoms with E-state index in [2.05, 4.69) is 41.4 Å². The number of rotatable bonds is 8. The fourth-order valence-corrected chi connectivity index (χ4v) is 2.99. The van der Waals surface area contributed by atoms with Crippen LogP contribution in [0.5, 0.6) is 0 Å². The van der Waals surface area contributed by atoms with E-state index in [1.807, 2.05) is 6.92 Å². The van der Waals surface area contributed by atoms with Crippen molar-refractivity contribution in [2.45, 2.75) is 45.7 Å². The molecular weight excluding hydrogens is 260 g/mol.